The van der Waals surface area contributed by atoms with Crippen LogP contribution >= 0.6 is 0 Å². The van der Waals surface area contributed by atoms with Gasteiger partial charge in [0.15, 0.2) is 6.61 Å². The Kier molecular flexibility index (Phi) is 70.1. The summed E-state index contributed by atoms with van der Waals surface area (Å²) in [4.78, 5) is 96.0. The number of rotatable bonds is 80. The van der Waals surface area contributed by atoms with Crippen molar-refractivity contribution in [1.82, 2.24) is 0 Å². The van der Waals surface area contributed by atoms with Crippen LogP contribution in [-0.2, 0) is 66.7 Å². The van der Waals surface area contributed by atoms with Gasteiger partial charge in [0.25, 0.3) is 0 Å². The summed E-state index contributed by atoms with van der Waals surface area (Å²) < 4.78 is 40.2. The van der Waals surface area contributed by atoms with E-state index in [1.807, 2.05) is 0 Å². The number of ether oxygens (including phenoxy) is 7. The Morgan fingerprint density at radius 1 is 0.212 bits per heavy atom. The van der Waals surface area contributed by atoms with Crippen molar-refractivity contribution in [3.63, 3.8) is 0 Å². The highest BCUT2D eigenvalue weighted by molar-refractivity contribution is 5.82. The molecule has 0 aliphatic heterocycles. The Labute approximate surface area is 639 Å². The molecule has 0 bridgehead atoms. The summed E-state index contributed by atoms with van der Waals surface area (Å²) in [7, 11) is 0. The van der Waals surface area contributed by atoms with Crippen LogP contribution in [0.5, 0.6) is 0 Å². The Bertz CT molecular complexity index is 1850. The molecule has 0 aromatic carbocycles. The smallest absolute Gasteiger partial charge is 0.319 e. The molecule has 0 radical (unpaired) electrons. The first-order valence-corrected chi connectivity index (χ1v) is 44.1. The zero-order valence-electron chi connectivity index (χ0n) is 69.0. The van der Waals surface area contributed by atoms with Crippen LogP contribution in [0.1, 0.15) is 459 Å². The molecule has 608 valence electrons. The topological polar surface area (TPSA) is 184 Å². The number of hydrogen-bond donors (Lipinski definition) is 0. The molecule has 0 unspecified atom stereocenters. The van der Waals surface area contributed by atoms with Gasteiger partial charge in [-0.1, -0.05) is 393 Å². The van der Waals surface area contributed by atoms with Crippen molar-refractivity contribution in [1.29, 1.82) is 0 Å². The quantitative estimate of drug-likeness (QED) is 0.0242. The molecule has 0 saturated carbocycles. The maximum Gasteiger partial charge on any atom is 0.319 e. The average molecular weight is 1470 g/mol. The molecule has 0 saturated heterocycles. The molecule has 0 N–H and O–H groups in total. The standard InChI is InChI=1S/C90H164O14/c1-9-14-18-22-26-30-34-38-42-46-50-54-58-62-66-70-81(91)99-75-88(6,76-100-82(92)71-67-63-59-55-51-47-43-39-35-31-27-23-19-15-10-2)86(96)103-79-90(8,85(95)98-74-13-5)80-104-87(97)89(7,77-101-83(93)72-68-64-60-56-52-48-44-40-36-32-28-24-20-16-11-3)78-102-84(94)73-69-65-61-57-53-49-45-41-37-33-29-25-21-17-12-4/h5H,9-12,14-80H2,1-4,6-8H3. The number of carbonyl (C=O) groups excluding carboxylic acids is 7. The van der Waals surface area contributed by atoms with Crippen LogP contribution in [-0.4, -0.2) is 88.0 Å². The molecule has 0 aromatic heterocycles. The summed E-state index contributed by atoms with van der Waals surface area (Å²) in [5, 5.41) is 0. The van der Waals surface area contributed by atoms with Gasteiger partial charge < -0.3 is 33.2 Å². The van der Waals surface area contributed by atoms with Gasteiger partial charge in [-0.3, -0.25) is 33.6 Å². The highest BCUT2D eigenvalue weighted by Crippen LogP contribution is 2.30. The normalized spacial score (nSPS) is 11.7. The Hall–Kier alpha value is -4.15. The molecule has 14 heteroatoms. The fraction of sp³-hybridized carbons (Fsp3) is 0.900. The molecular formula is C90H164O14. The minimum Gasteiger partial charge on any atom is -0.464 e. The van der Waals surface area contributed by atoms with Crippen molar-refractivity contribution < 1.29 is 66.7 Å². The molecule has 0 rings (SSSR count). The van der Waals surface area contributed by atoms with Gasteiger partial charge in [-0.2, -0.15) is 0 Å². The number of terminal acetylenes is 1. The molecule has 0 aliphatic rings. The Morgan fingerprint density at radius 3 is 0.500 bits per heavy atom. The summed E-state index contributed by atoms with van der Waals surface area (Å²) in [5.74, 6) is -2.48. The van der Waals surface area contributed by atoms with Gasteiger partial charge in [-0.25, -0.2) is 0 Å². The maximum atomic E-state index is 14.4. The first-order chi connectivity index (χ1) is 50.6. The van der Waals surface area contributed by atoms with E-state index >= 15 is 0 Å². The van der Waals surface area contributed by atoms with Crippen LogP contribution < -0.4 is 0 Å². The highest BCUT2D eigenvalue weighted by Gasteiger charge is 2.45. The predicted octanol–water partition coefficient (Wildman–Crippen LogP) is 25.5. The molecule has 0 spiro atoms. The average Bonchev–Trinajstić information content (AvgIpc) is 0.828. The van der Waals surface area contributed by atoms with E-state index in [9.17, 15) is 33.6 Å². The molecule has 0 heterocycles. The fourth-order valence-corrected chi connectivity index (χ4v) is 13.4. The van der Waals surface area contributed by atoms with Crippen molar-refractivity contribution in [2.45, 2.75) is 459 Å². The van der Waals surface area contributed by atoms with Crippen molar-refractivity contribution in [3.05, 3.63) is 0 Å². The lowest BCUT2D eigenvalue weighted by Crippen LogP contribution is -2.46. The van der Waals surface area contributed by atoms with Crippen LogP contribution in [0.2, 0.25) is 0 Å². The molecular weight excluding hydrogens is 1300 g/mol. The van der Waals surface area contributed by atoms with Gasteiger partial charge in [0, 0.05) is 25.7 Å². The van der Waals surface area contributed by atoms with E-state index in [4.69, 9.17) is 39.6 Å². The predicted molar refractivity (Wildman–Crippen MR) is 428 cm³/mol. The third kappa shape index (κ3) is 61.8. The van der Waals surface area contributed by atoms with E-state index in [1.165, 1.54) is 303 Å². The van der Waals surface area contributed by atoms with E-state index in [0.717, 1.165) is 77.0 Å². The van der Waals surface area contributed by atoms with Crippen LogP contribution in [0.25, 0.3) is 0 Å². The number of hydrogen-bond acceptors (Lipinski definition) is 14. The third-order valence-corrected chi connectivity index (χ3v) is 21.0. The van der Waals surface area contributed by atoms with Crippen LogP contribution in [0, 0.1) is 28.6 Å². The molecule has 0 fully saturated rings. The van der Waals surface area contributed by atoms with Crippen LogP contribution in [0.4, 0.5) is 0 Å². The van der Waals surface area contributed by atoms with E-state index in [1.54, 1.807) is 0 Å². The largest absolute Gasteiger partial charge is 0.464 e. The van der Waals surface area contributed by atoms with Gasteiger partial charge >= 0.3 is 41.8 Å². The lowest BCUT2D eigenvalue weighted by atomic mass is 9.90. The van der Waals surface area contributed by atoms with E-state index in [2.05, 4.69) is 33.6 Å². The Morgan fingerprint density at radius 2 is 0.346 bits per heavy atom. The second-order valence-electron chi connectivity index (χ2n) is 32.1. The van der Waals surface area contributed by atoms with Crippen LogP contribution in [0.3, 0.4) is 0 Å². The molecule has 0 atom stereocenters. The zero-order chi connectivity index (χ0) is 76.4. The second-order valence-corrected chi connectivity index (χ2v) is 32.1. The third-order valence-electron chi connectivity index (χ3n) is 21.0. The maximum absolute atomic E-state index is 14.4. The number of unbranched alkanes of at least 4 members (excludes halogenated alkanes) is 56. The van der Waals surface area contributed by atoms with Crippen LogP contribution in [0.15, 0.2) is 0 Å². The SMILES string of the molecule is C#CCOC(=O)C(C)(COC(=O)C(C)(COC(=O)CCCCCCCCCCCCCCCCC)COC(=O)CCCCCCCCCCCCCCCCC)COC(=O)C(C)(COC(=O)CCCCCCCCCCCCCCCCC)COC(=O)CCCCCCCCCCCCCCCCC. The van der Waals surface area contributed by atoms with Crippen molar-refractivity contribution in [2.75, 3.05) is 46.2 Å². The minimum absolute atomic E-state index is 0.156. The molecule has 0 aromatic rings. The molecule has 104 heavy (non-hydrogen) atoms. The summed E-state index contributed by atoms with van der Waals surface area (Å²) in [5.41, 5.74) is -5.24. The lowest BCUT2D eigenvalue weighted by Gasteiger charge is -2.32. The van der Waals surface area contributed by atoms with Crippen molar-refractivity contribution in [2.24, 2.45) is 16.2 Å². The van der Waals surface area contributed by atoms with Gasteiger partial charge in [-0.05, 0) is 46.5 Å². The second kappa shape index (κ2) is 73.0. The van der Waals surface area contributed by atoms with E-state index in [-0.39, 0.29) is 25.7 Å². The van der Waals surface area contributed by atoms with Crippen molar-refractivity contribution >= 4 is 41.8 Å². The highest BCUT2D eigenvalue weighted by atomic mass is 16.6. The fourth-order valence-electron chi connectivity index (χ4n) is 13.4. The zero-order valence-corrected chi connectivity index (χ0v) is 69.0. The lowest BCUT2D eigenvalue weighted by molar-refractivity contribution is -0.181. The van der Waals surface area contributed by atoms with Gasteiger partial charge in [-0.15, -0.1) is 6.42 Å². The summed E-state index contributed by atoms with van der Waals surface area (Å²) in [6.07, 6.45) is 77.7. The summed E-state index contributed by atoms with van der Waals surface area (Å²) >= 11 is 0. The first kappa shape index (κ1) is 99.8. The molecule has 0 aliphatic carbocycles. The summed E-state index contributed by atoms with van der Waals surface area (Å²) in [6, 6.07) is 0. The Balaban J connectivity index is 6.00. The van der Waals surface area contributed by atoms with Gasteiger partial charge in [0.1, 0.15) is 55.9 Å². The first-order valence-electron chi connectivity index (χ1n) is 44.1. The van der Waals surface area contributed by atoms with E-state index < -0.39 is 104 Å². The molecule has 0 amide bonds. The van der Waals surface area contributed by atoms with E-state index in [0.29, 0.717) is 25.7 Å². The molecule has 14 nitrogen and oxygen atoms in total. The monoisotopic (exact) mass is 1470 g/mol. The minimum atomic E-state index is -1.85. The summed E-state index contributed by atoms with van der Waals surface area (Å²) in [6.45, 7) is 9.73. The number of esters is 7. The van der Waals surface area contributed by atoms with Gasteiger partial charge in [0.05, 0.1) is 0 Å². The number of carbonyl (C=O) groups is 7. The van der Waals surface area contributed by atoms with Gasteiger partial charge in [0.2, 0.25) is 0 Å². The van der Waals surface area contributed by atoms with Crippen molar-refractivity contribution in [3.8, 4) is 12.3 Å².